The monoisotopic (exact) mass is 625 g/mol. The van der Waals surface area contributed by atoms with E-state index in [-0.39, 0.29) is 13.8 Å². The normalized spacial score (nSPS) is 6.35. The molecule has 0 radical (unpaired) electrons. The van der Waals surface area contributed by atoms with Crippen LogP contribution in [0.4, 0.5) is 0 Å². The molecule has 0 saturated carbocycles. The molecule has 0 aromatic carbocycles. The van der Waals surface area contributed by atoms with Gasteiger partial charge in [-0.25, -0.2) is 0 Å². The van der Waals surface area contributed by atoms with Gasteiger partial charge in [-0.1, -0.05) is 88.5 Å². The van der Waals surface area contributed by atoms with Crippen molar-refractivity contribution < 1.29 is 6.35 Å². The van der Waals surface area contributed by atoms with Crippen LogP contribution >= 0.6 is 59.9 Å². The molecule has 0 aromatic rings. The van der Waals surface area contributed by atoms with Gasteiger partial charge in [-0.3, -0.25) is 0 Å². The molecule has 0 atom stereocenters. The predicted octanol–water partition coefficient (Wildman–Crippen LogP) is 9.07. The van der Waals surface area contributed by atoms with Gasteiger partial charge in [-0.2, -0.15) is 0 Å². The Morgan fingerprint density at radius 1 is 0.588 bits per heavy atom. The van der Waals surface area contributed by atoms with Crippen LogP contribution in [0.1, 0.15) is 89.9 Å². The van der Waals surface area contributed by atoms with Gasteiger partial charge < -0.3 is 0 Å². The standard InChI is InChI=1S/4C3H8.CH4.3HI.V/c4*1-3-2;;;;;/h4*3H2,1-2H3;1H4;3*1H;/q;;;;;;;;+3/p-2. The van der Waals surface area contributed by atoms with Crippen molar-refractivity contribution in [2.45, 2.75) is 88.5 Å². The first-order valence-electron chi connectivity index (χ1n) is 6.16. The van der Waals surface area contributed by atoms with Gasteiger partial charge in [0, 0.05) is 0 Å². The Kier molecular flexibility index (Phi) is 134. The SMILES string of the molecule is C.CCC.CCC.CCC.CCC.[H+].[I][V]([I])[I]. The third kappa shape index (κ3) is 686. The van der Waals surface area contributed by atoms with Crippen molar-refractivity contribution >= 4 is 59.9 Å². The van der Waals surface area contributed by atoms with Crippen molar-refractivity contribution in [3.63, 3.8) is 0 Å². The van der Waals surface area contributed by atoms with Crippen molar-refractivity contribution in [3.8, 4) is 0 Å². The Balaban J connectivity index is -0.0000000164. The molecule has 0 N–H and O–H groups in total. The van der Waals surface area contributed by atoms with Gasteiger partial charge in [0.05, 0.1) is 0 Å². The average molecular weight is 625 g/mol. The molecule has 0 aliphatic carbocycles. The van der Waals surface area contributed by atoms with Crippen LogP contribution < -0.4 is 0 Å². The first-order chi connectivity index (χ1) is 7.39. The number of hydrogen-bond donors (Lipinski definition) is 0. The van der Waals surface area contributed by atoms with E-state index in [2.05, 4.69) is 115 Å². The summed E-state index contributed by atoms with van der Waals surface area (Å²) < 4.78 is 0. The van der Waals surface area contributed by atoms with E-state index in [9.17, 15) is 0 Å². The summed E-state index contributed by atoms with van der Waals surface area (Å²) in [5.74, 6) is 0. The summed E-state index contributed by atoms with van der Waals surface area (Å²) in [5, 5.41) is 0. The van der Waals surface area contributed by atoms with E-state index in [0.717, 1.165) is 0 Å². The molecule has 0 unspecified atom stereocenters. The van der Waals surface area contributed by atoms with E-state index in [1.807, 2.05) is 0 Å². The van der Waals surface area contributed by atoms with Gasteiger partial charge in [0.1, 0.15) is 0 Å². The molecule has 17 heavy (non-hydrogen) atoms. The Morgan fingerprint density at radius 3 is 0.588 bits per heavy atom. The molecule has 0 aliphatic rings. The van der Waals surface area contributed by atoms with Crippen LogP contribution in [0, 0.1) is 0 Å². The van der Waals surface area contributed by atoms with Crippen LogP contribution in [0.15, 0.2) is 0 Å². The maximum absolute atomic E-state index is 2.46. The third-order valence-corrected chi connectivity index (χ3v) is 0. The fourth-order valence-electron chi connectivity index (χ4n) is 0. The van der Waals surface area contributed by atoms with Crippen molar-refractivity contribution in [3.05, 3.63) is 0 Å². The van der Waals surface area contributed by atoms with Crippen LogP contribution in [0.2, 0.25) is 0 Å². The van der Waals surface area contributed by atoms with Crippen LogP contribution in [0.25, 0.3) is 0 Å². The third-order valence-electron chi connectivity index (χ3n) is 0. The number of rotatable bonds is 0. The van der Waals surface area contributed by atoms with Crippen LogP contribution in [-0.2, 0) is 4.92 Å². The molecule has 0 spiro atoms. The summed E-state index contributed by atoms with van der Waals surface area (Å²) in [4.78, 5) is -0.278. The van der Waals surface area contributed by atoms with Gasteiger partial charge >= 0.3 is 66.3 Å². The Labute approximate surface area is 152 Å². The first-order valence-corrected chi connectivity index (χ1v) is 19.7. The second-order valence-corrected chi connectivity index (χ2v) is 38.4. The zero-order valence-electron chi connectivity index (χ0n) is 13.4. The quantitative estimate of drug-likeness (QED) is 0.236. The number of halogens is 3. The zero-order valence-corrected chi connectivity index (χ0v) is 20.3. The van der Waals surface area contributed by atoms with Crippen molar-refractivity contribution in [1.82, 2.24) is 0 Å². The van der Waals surface area contributed by atoms with Crippen LogP contribution in [-0.4, -0.2) is 0 Å². The molecule has 4 heteroatoms. The van der Waals surface area contributed by atoms with Gasteiger partial charge in [-0.05, 0) is 0 Å². The van der Waals surface area contributed by atoms with Gasteiger partial charge in [0.25, 0.3) is 0 Å². The molecule has 0 heterocycles. The second-order valence-electron chi connectivity index (χ2n) is 3.02. The molecule has 114 valence electrons. The fraction of sp³-hybridized carbons (Fsp3) is 1.00. The van der Waals surface area contributed by atoms with Crippen LogP contribution in [0.5, 0.6) is 0 Å². The molecule has 0 fully saturated rings. The molecular weight excluding hydrogens is 588 g/mol. The summed E-state index contributed by atoms with van der Waals surface area (Å²) in [5.41, 5.74) is 0. The van der Waals surface area contributed by atoms with Crippen LogP contribution in [0.3, 0.4) is 0 Å². The minimum atomic E-state index is -0.278. The van der Waals surface area contributed by atoms with Gasteiger partial charge in [0.15, 0.2) is 0 Å². The minimum absolute atomic E-state index is 0. The molecule has 0 amide bonds. The van der Waals surface area contributed by atoms with E-state index in [1.54, 1.807) is 0 Å². The molecular formula is C13H37I3V+. The molecule has 0 rings (SSSR count). The second kappa shape index (κ2) is 62.1. The van der Waals surface area contributed by atoms with Crippen molar-refractivity contribution in [1.29, 1.82) is 0 Å². The molecule has 0 bridgehead atoms. The Hall–Kier alpha value is 2.77. The van der Waals surface area contributed by atoms with E-state index in [0.29, 0.717) is 0 Å². The molecule has 0 saturated heterocycles. The van der Waals surface area contributed by atoms with Gasteiger partial charge in [-0.15, -0.1) is 0 Å². The van der Waals surface area contributed by atoms with E-state index < -0.39 is 0 Å². The predicted molar refractivity (Wildman–Crippen MR) is 114 cm³/mol. The van der Waals surface area contributed by atoms with E-state index in [1.165, 1.54) is 25.7 Å². The van der Waals surface area contributed by atoms with E-state index in [4.69, 9.17) is 0 Å². The van der Waals surface area contributed by atoms with Gasteiger partial charge in [0.2, 0.25) is 0 Å². The summed E-state index contributed by atoms with van der Waals surface area (Å²) in [6.07, 6.45) is 5.00. The van der Waals surface area contributed by atoms with Crippen molar-refractivity contribution in [2.24, 2.45) is 0 Å². The van der Waals surface area contributed by atoms with Crippen molar-refractivity contribution in [2.75, 3.05) is 0 Å². The fourth-order valence-corrected chi connectivity index (χ4v) is 0. The average Bonchev–Trinajstić information content (AvgIpc) is 2.06. The summed E-state index contributed by atoms with van der Waals surface area (Å²) in [6.45, 7) is 17.0. The number of hydrogen-bond acceptors (Lipinski definition) is 0. The molecule has 0 nitrogen and oxygen atoms in total. The van der Waals surface area contributed by atoms with E-state index >= 15 is 0 Å². The Bertz CT molecular complexity index is 48.7. The maximum atomic E-state index is 2.46. The molecule has 0 aromatic heterocycles. The molecule has 0 aliphatic heterocycles. The summed E-state index contributed by atoms with van der Waals surface area (Å²) >= 11 is 7.39. The summed E-state index contributed by atoms with van der Waals surface area (Å²) in [7, 11) is 0. The zero-order chi connectivity index (χ0) is 14.4. The first kappa shape index (κ1) is 36.7. The topological polar surface area (TPSA) is 0 Å². The summed E-state index contributed by atoms with van der Waals surface area (Å²) in [6, 6.07) is 0. The Morgan fingerprint density at radius 2 is 0.588 bits per heavy atom.